The molecule has 0 bridgehead atoms. The van der Waals surface area contributed by atoms with Gasteiger partial charge in [0.05, 0.1) is 0 Å². The first-order valence-electron chi connectivity index (χ1n) is 6.11. The molecule has 1 nitrogen and oxygen atoms in total. The zero-order valence-corrected chi connectivity index (χ0v) is 13.0. The van der Waals surface area contributed by atoms with Crippen LogP contribution in [0.5, 0.6) is 0 Å². The second-order valence-corrected chi connectivity index (χ2v) is 6.12. The summed E-state index contributed by atoms with van der Waals surface area (Å²) in [6.45, 7) is 3.86. The van der Waals surface area contributed by atoms with E-state index in [-0.39, 0.29) is 5.82 Å². The van der Waals surface area contributed by atoms with Crippen molar-refractivity contribution in [2.45, 2.75) is 23.3 Å². The molecule has 0 saturated carbocycles. The Morgan fingerprint density at radius 3 is 2.58 bits per heavy atom. The van der Waals surface area contributed by atoms with E-state index in [2.05, 4.69) is 40.3 Å². The lowest BCUT2D eigenvalue weighted by Crippen LogP contribution is -2.12. The summed E-state index contributed by atoms with van der Waals surface area (Å²) in [5.41, 5.74) is 1.24. The van der Waals surface area contributed by atoms with Crippen LogP contribution < -0.4 is 5.32 Å². The normalized spacial score (nSPS) is 10.7. The molecule has 0 aliphatic carbocycles. The van der Waals surface area contributed by atoms with Crippen molar-refractivity contribution in [3.63, 3.8) is 0 Å². The van der Waals surface area contributed by atoms with Gasteiger partial charge in [0, 0.05) is 20.8 Å². The van der Waals surface area contributed by atoms with E-state index < -0.39 is 0 Å². The van der Waals surface area contributed by atoms with Crippen LogP contribution in [0.4, 0.5) is 4.39 Å². The van der Waals surface area contributed by atoms with Gasteiger partial charge in [0.1, 0.15) is 5.82 Å². The van der Waals surface area contributed by atoms with Gasteiger partial charge in [0.15, 0.2) is 0 Å². The predicted octanol–water partition coefficient (Wildman–Crippen LogP) is 4.85. The molecule has 2 aromatic carbocycles. The van der Waals surface area contributed by atoms with E-state index >= 15 is 0 Å². The lowest BCUT2D eigenvalue weighted by atomic mass is 10.2. The van der Waals surface area contributed by atoms with Gasteiger partial charge in [-0.05, 0) is 54.6 Å². The molecule has 0 spiro atoms. The maximum atomic E-state index is 12.9. The SMILES string of the molecule is CCNCc1cc(Br)ccc1Sc1ccc(F)cc1. The maximum absolute atomic E-state index is 12.9. The van der Waals surface area contributed by atoms with Crippen molar-refractivity contribution in [1.82, 2.24) is 5.32 Å². The van der Waals surface area contributed by atoms with E-state index in [1.807, 2.05) is 6.07 Å². The van der Waals surface area contributed by atoms with Crippen LogP contribution in [0.1, 0.15) is 12.5 Å². The first kappa shape index (κ1) is 14.6. The lowest BCUT2D eigenvalue weighted by Gasteiger charge is -2.10. The summed E-state index contributed by atoms with van der Waals surface area (Å²) in [7, 11) is 0. The Morgan fingerprint density at radius 1 is 1.16 bits per heavy atom. The topological polar surface area (TPSA) is 12.0 Å². The Kier molecular flexibility index (Phi) is 5.43. The third-order valence-corrected chi connectivity index (χ3v) is 4.25. The smallest absolute Gasteiger partial charge is 0.123 e. The lowest BCUT2D eigenvalue weighted by molar-refractivity contribution is 0.626. The van der Waals surface area contributed by atoms with Gasteiger partial charge in [0.2, 0.25) is 0 Å². The third kappa shape index (κ3) is 4.34. The summed E-state index contributed by atoms with van der Waals surface area (Å²) >= 11 is 5.15. The minimum atomic E-state index is -0.201. The molecule has 0 fully saturated rings. The Labute approximate surface area is 125 Å². The number of halogens is 2. The van der Waals surface area contributed by atoms with Crippen LogP contribution in [0.3, 0.4) is 0 Å². The molecule has 0 radical (unpaired) electrons. The first-order chi connectivity index (χ1) is 9.19. The van der Waals surface area contributed by atoms with Gasteiger partial charge in [-0.2, -0.15) is 0 Å². The first-order valence-corrected chi connectivity index (χ1v) is 7.72. The molecule has 0 unspecified atom stereocenters. The molecule has 0 saturated heterocycles. The summed E-state index contributed by atoms with van der Waals surface area (Å²) in [5, 5.41) is 3.33. The van der Waals surface area contributed by atoms with Crippen molar-refractivity contribution in [2.24, 2.45) is 0 Å². The van der Waals surface area contributed by atoms with Gasteiger partial charge < -0.3 is 5.32 Å². The summed E-state index contributed by atoms with van der Waals surface area (Å²) in [6.07, 6.45) is 0. The van der Waals surface area contributed by atoms with Gasteiger partial charge in [-0.25, -0.2) is 4.39 Å². The molecule has 0 amide bonds. The van der Waals surface area contributed by atoms with Crippen LogP contribution in [0.15, 0.2) is 56.7 Å². The minimum absolute atomic E-state index is 0.201. The van der Waals surface area contributed by atoms with Crippen molar-refractivity contribution in [3.8, 4) is 0 Å². The highest BCUT2D eigenvalue weighted by Gasteiger charge is 2.05. The molecule has 2 rings (SSSR count). The van der Waals surface area contributed by atoms with E-state index in [1.54, 1.807) is 23.9 Å². The standard InChI is InChI=1S/C15H15BrFNS/c1-2-18-10-11-9-12(16)3-8-15(11)19-14-6-4-13(17)5-7-14/h3-9,18H,2,10H2,1H3. The molecule has 0 heterocycles. The fourth-order valence-electron chi connectivity index (χ4n) is 1.68. The number of hydrogen-bond donors (Lipinski definition) is 1. The van der Waals surface area contributed by atoms with Gasteiger partial charge in [-0.3, -0.25) is 0 Å². The van der Waals surface area contributed by atoms with Crippen molar-refractivity contribution < 1.29 is 4.39 Å². The molecular weight excluding hydrogens is 325 g/mol. The Balaban J connectivity index is 2.20. The summed E-state index contributed by atoms with van der Waals surface area (Å²) in [6, 6.07) is 12.8. The Bertz CT molecular complexity index is 542. The molecular formula is C15H15BrFNS. The van der Waals surface area contributed by atoms with Crippen LogP contribution in [0.2, 0.25) is 0 Å². The van der Waals surface area contributed by atoms with Crippen molar-refractivity contribution in [1.29, 1.82) is 0 Å². The monoisotopic (exact) mass is 339 g/mol. The zero-order chi connectivity index (χ0) is 13.7. The molecule has 0 aliphatic rings. The van der Waals surface area contributed by atoms with Gasteiger partial charge in [-0.15, -0.1) is 0 Å². The summed E-state index contributed by atoms with van der Waals surface area (Å²) in [4.78, 5) is 2.23. The number of rotatable bonds is 5. The second kappa shape index (κ2) is 7.08. The highest BCUT2D eigenvalue weighted by Crippen LogP contribution is 2.32. The fourth-order valence-corrected chi connectivity index (χ4v) is 3.01. The predicted molar refractivity (Wildman–Crippen MR) is 82.0 cm³/mol. The van der Waals surface area contributed by atoms with Gasteiger partial charge in [-0.1, -0.05) is 34.6 Å². The van der Waals surface area contributed by atoms with Gasteiger partial charge >= 0.3 is 0 Å². The van der Waals surface area contributed by atoms with E-state index in [0.29, 0.717) is 0 Å². The average Bonchev–Trinajstić information content (AvgIpc) is 2.41. The summed E-state index contributed by atoms with van der Waals surface area (Å²) < 4.78 is 14.0. The molecule has 19 heavy (non-hydrogen) atoms. The van der Waals surface area contributed by atoms with Crippen molar-refractivity contribution in [2.75, 3.05) is 6.54 Å². The molecule has 0 aliphatic heterocycles. The van der Waals surface area contributed by atoms with E-state index in [9.17, 15) is 4.39 Å². The van der Waals surface area contributed by atoms with Crippen LogP contribution in [0.25, 0.3) is 0 Å². The molecule has 0 aromatic heterocycles. The van der Waals surface area contributed by atoms with Crippen molar-refractivity contribution >= 4 is 27.7 Å². The molecule has 4 heteroatoms. The second-order valence-electron chi connectivity index (χ2n) is 4.09. The zero-order valence-electron chi connectivity index (χ0n) is 10.6. The van der Waals surface area contributed by atoms with Crippen LogP contribution in [-0.4, -0.2) is 6.54 Å². The molecule has 1 N–H and O–H groups in total. The highest BCUT2D eigenvalue weighted by atomic mass is 79.9. The Morgan fingerprint density at radius 2 is 1.89 bits per heavy atom. The quantitative estimate of drug-likeness (QED) is 0.835. The van der Waals surface area contributed by atoms with E-state index in [4.69, 9.17) is 0 Å². The van der Waals surface area contributed by atoms with Gasteiger partial charge in [0.25, 0.3) is 0 Å². The number of hydrogen-bond acceptors (Lipinski definition) is 2. The minimum Gasteiger partial charge on any atom is -0.313 e. The van der Waals surface area contributed by atoms with E-state index in [1.165, 1.54) is 22.6 Å². The average molecular weight is 340 g/mol. The number of benzene rings is 2. The summed E-state index contributed by atoms with van der Waals surface area (Å²) in [5.74, 6) is -0.201. The van der Waals surface area contributed by atoms with Crippen LogP contribution >= 0.6 is 27.7 Å². The van der Waals surface area contributed by atoms with Crippen LogP contribution in [-0.2, 0) is 6.54 Å². The third-order valence-electron chi connectivity index (χ3n) is 2.63. The maximum Gasteiger partial charge on any atom is 0.123 e. The molecule has 2 aromatic rings. The molecule has 100 valence electrons. The molecule has 0 atom stereocenters. The number of nitrogens with one attached hydrogen (secondary N) is 1. The Hall–Kier alpha value is -0.840. The largest absolute Gasteiger partial charge is 0.313 e. The van der Waals surface area contributed by atoms with Crippen molar-refractivity contribution in [3.05, 3.63) is 58.3 Å². The fraction of sp³-hybridized carbons (Fsp3) is 0.200. The van der Waals surface area contributed by atoms with Crippen LogP contribution in [0, 0.1) is 5.82 Å². The van der Waals surface area contributed by atoms with E-state index in [0.717, 1.165) is 22.5 Å². The highest BCUT2D eigenvalue weighted by molar-refractivity contribution is 9.10.